The summed E-state index contributed by atoms with van der Waals surface area (Å²) in [7, 11) is 1.72. The summed E-state index contributed by atoms with van der Waals surface area (Å²) in [6, 6.07) is 5.85. The van der Waals surface area contributed by atoms with Crippen molar-refractivity contribution in [2.24, 2.45) is 5.92 Å². The Hall–Kier alpha value is -1.23. The molecule has 0 aliphatic heterocycles. The van der Waals surface area contributed by atoms with Gasteiger partial charge in [0.05, 0.1) is 11.1 Å². The molecular weight excluding hydrogens is 251 g/mol. The van der Waals surface area contributed by atoms with Crippen LogP contribution >= 0.6 is 11.8 Å². The highest BCUT2D eigenvalue weighted by molar-refractivity contribution is 7.99. The van der Waals surface area contributed by atoms with Crippen LogP contribution in [0.1, 0.15) is 13.8 Å². The number of rotatable bonds is 4. The number of amides is 2. The molecule has 0 fully saturated rings. The topological polar surface area (TPSA) is 32.3 Å². The maximum atomic E-state index is 13.4. The largest absolute Gasteiger partial charge is 0.322 e. The fourth-order valence-corrected chi connectivity index (χ4v) is 2.72. The number of urea groups is 1. The molecule has 0 heterocycles. The van der Waals surface area contributed by atoms with Crippen molar-refractivity contribution in [3.8, 4) is 0 Å². The first-order valence-electron chi connectivity index (χ1n) is 5.78. The van der Waals surface area contributed by atoms with Crippen LogP contribution in [0.3, 0.4) is 0 Å². The van der Waals surface area contributed by atoms with E-state index in [1.165, 1.54) is 6.07 Å². The highest BCUT2D eigenvalue weighted by Crippen LogP contribution is 2.21. The summed E-state index contributed by atoms with van der Waals surface area (Å²) < 4.78 is 13.4. The molecule has 1 atom stereocenters. The summed E-state index contributed by atoms with van der Waals surface area (Å²) in [4.78, 5) is 13.6. The molecule has 0 radical (unpaired) electrons. The van der Waals surface area contributed by atoms with Crippen LogP contribution in [0.25, 0.3) is 0 Å². The first kappa shape index (κ1) is 14.8. The van der Waals surface area contributed by atoms with Crippen molar-refractivity contribution in [1.82, 2.24) is 4.90 Å². The Balaban J connectivity index is 2.74. The Morgan fingerprint density at radius 3 is 2.50 bits per heavy atom. The number of benzene rings is 1. The summed E-state index contributed by atoms with van der Waals surface area (Å²) in [5.41, 5.74) is 0.206. The second-order valence-corrected chi connectivity index (χ2v) is 5.35. The molecular formula is C13H19FN2OS. The van der Waals surface area contributed by atoms with E-state index in [2.05, 4.69) is 5.32 Å². The molecule has 1 unspecified atom stereocenters. The van der Waals surface area contributed by atoms with Crippen LogP contribution in [0.15, 0.2) is 24.3 Å². The van der Waals surface area contributed by atoms with Crippen molar-refractivity contribution in [1.29, 1.82) is 0 Å². The molecule has 1 rings (SSSR count). The third kappa shape index (κ3) is 3.63. The van der Waals surface area contributed by atoms with E-state index >= 15 is 0 Å². The molecule has 5 heteroatoms. The number of nitrogens with one attached hydrogen (secondary N) is 1. The van der Waals surface area contributed by atoms with E-state index in [-0.39, 0.29) is 17.1 Å². The van der Waals surface area contributed by atoms with E-state index in [0.717, 1.165) is 0 Å². The fourth-order valence-electron chi connectivity index (χ4n) is 1.76. The lowest BCUT2D eigenvalue weighted by atomic mass is 10.2. The molecule has 0 aliphatic rings. The number of para-hydroxylation sites is 1. The quantitative estimate of drug-likeness (QED) is 0.847. The molecule has 1 N–H and O–H groups in total. The summed E-state index contributed by atoms with van der Waals surface area (Å²) in [6.07, 6.45) is 1.96. The SMILES string of the molecule is CSC(C(C)C)N(C)C(=O)Nc1ccccc1F. The lowest BCUT2D eigenvalue weighted by Gasteiger charge is -2.29. The average Bonchev–Trinajstić information content (AvgIpc) is 2.32. The van der Waals surface area contributed by atoms with Gasteiger partial charge in [0, 0.05) is 7.05 Å². The maximum Gasteiger partial charge on any atom is 0.322 e. The number of hydrogen-bond acceptors (Lipinski definition) is 2. The van der Waals surface area contributed by atoms with Gasteiger partial charge >= 0.3 is 6.03 Å². The van der Waals surface area contributed by atoms with Crippen molar-refractivity contribution in [2.75, 3.05) is 18.6 Å². The maximum absolute atomic E-state index is 13.4. The van der Waals surface area contributed by atoms with Crippen molar-refractivity contribution < 1.29 is 9.18 Å². The van der Waals surface area contributed by atoms with Gasteiger partial charge in [0.15, 0.2) is 0 Å². The average molecular weight is 270 g/mol. The highest BCUT2D eigenvalue weighted by Gasteiger charge is 2.22. The van der Waals surface area contributed by atoms with E-state index in [1.54, 1.807) is 41.9 Å². The second-order valence-electron chi connectivity index (χ2n) is 4.39. The zero-order valence-corrected chi connectivity index (χ0v) is 11.9. The zero-order chi connectivity index (χ0) is 13.7. The number of thioether (sulfide) groups is 1. The molecule has 0 bridgehead atoms. The van der Waals surface area contributed by atoms with E-state index < -0.39 is 5.82 Å². The van der Waals surface area contributed by atoms with Gasteiger partial charge in [-0.15, -0.1) is 11.8 Å². The van der Waals surface area contributed by atoms with Gasteiger partial charge in [-0.25, -0.2) is 9.18 Å². The molecule has 1 aromatic rings. The molecule has 1 aromatic carbocycles. The number of carbonyl (C=O) groups excluding carboxylic acids is 1. The second kappa shape index (κ2) is 6.64. The summed E-state index contributed by atoms with van der Waals surface area (Å²) in [5.74, 6) is -0.0964. The van der Waals surface area contributed by atoms with Crippen LogP contribution in [0.2, 0.25) is 0 Å². The first-order valence-corrected chi connectivity index (χ1v) is 7.07. The van der Waals surface area contributed by atoms with Crippen LogP contribution in [-0.4, -0.2) is 29.6 Å². The van der Waals surface area contributed by atoms with Crippen LogP contribution in [0.4, 0.5) is 14.9 Å². The van der Waals surface area contributed by atoms with Crippen molar-refractivity contribution in [3.05, 3.63) is 30.1 Å². The van der Waals surface area contributed by atoms with Crippen LogP contribution in [0, 0.1) is 11.7 Å². The van der Waals surface area contributed by atoms with Gasteiger partial charge in [0.25, 0.3) is 0 Å². The third-order valence-corrected chi connectivity index (χ3v) is 3.97. The van der Waals surface area contributed by atoms with Gasteiger partial charge < -0.3 is 10.2 Å². The van der Waals surface area contributed by atoms with Gasteiger partial charge in [-0.05, 0) is 24.3 Å². The minimum Gasteiger partial charge on any atom is -0.315 e. The normalized spacial score (nSPS) is 12.3. The zero-order valence-electron chi connectivity index (χ0n) is 11.1. The fraction of sp³-hybridized carbons (Fsp3) is 0.462. The molecule has 2 amide bonds. The smallest absolute Gasteiger partial charge is 0.315 e. The Labute approximate surface area is 112 Å². The van der Waals surface area contributed by atoms with E-state index in [4.69, 9.17) is 0 Å². The molecule has 0 aromatic heterocycles. The molecule has 0 saturated carbocycles. The van der Waals surface area contributed by atoms with Gasteiger partial charge in [-0.1, -0.05) is 26.0 Å². The lowest BCUT2D eigenvalue weighted by molar-refractivity contribution is 0.211. The number of nitrogens with zero attached hydrogens (tertiary/aromatic N) is 1. The Morgan fingerprint density at radius 1 is 1.39 bits per heavy atom. The Morgan fingerprint density at radius 2 is 2.00 bits per heavy atom. The molecule has 0 saturated heterocycles. The summed E-state index contributed by atoms with van der Waals surface area (Å²) in [5, 5.41) is 2.64. The monoisotopic (exact) mass is 270 g/mol. The lowest BCUT2D eigenvalue weighted by Crippen LogP contribution is -2.40. The molecule has 18 heavy (non-hydrogen) atoms. The predicted octanol–water partition coefficient (Wildman–Crippen LogP) is 3.63. The van der Waals surface area contributed by atoms with Crippen molar-refractivity contribution in [2.45, 2.75) is 19.2 Å². The first-order chi connectivity index (χ1) is 8.47. The predicted molar refractivity (Wildman–Crippen MR) is 75.3 cm³/mol. The number of carbonyl (C=O) groups is 1. The van der Waals surface area contributed by atoms with Gasteiger partial charge in [0.2, 0.25) is 0 Å². The van der Waals surface area contributed by atoms with Crippen LogP contribution < -0.4 is 5.32 Å². The molecule has 3 nitrogen and oxygen atoms in total. The van der Waals surface area contributed by atoms with Crippen molar-refractivity contribution in [3.63, 3.8) is 0 Å². The van der Waals surface area contributed by atoms with Crippen LogP contribution in [0.5, 0.6) is 0 Å². The molecule has 0 aliphatic carbocycles. The standard InChI is InChI=1S/C13H19FN2OS/c1-9(2)12(18-4)16(3)13(17)15-11-8-6-5-7-10(11)14/h5-9,12H,1-4H3,(H,15,17). The van der Waals surface area contributed by atoms with Crippen molar-refractivity contribution >= 4 is 23.5 Å². The number of anilines is 1. The number of hydrogen-bond donors (Lipinski definition) is 1. The van der Waals surface area contributed by atoms with Crippen LogP contribution in [-0.2, 0) is 0 Å². The van der Waals surface area contributed by atoms with E-state index in [1.807, 2.05) is 20.1 Å². The Kier molecular flexibility index (Phi) is 5.47. The van der Waals surface area contributed by atoms with Gasteiger partial charge in [-0.3, -0.25) is 0 Å². The van der Waals surface area contributed by atoms with E-state index in [9.17, 15) is 9.18 Å². The minimum absolute atomic E-state index is 0.0665. The van der Waals surface area contributed by atoms with Gasteiger partial charge in [0.1, 0.15) is 5.82 Å². The number of halogens is 1. The van der Waals surface area contributed by atoms with Gasteiger partial charge in [-0.2, -0.15) is 0 Å². The van der Waals surface area contributed by atoms with E-state index in [0.29, 0.717) is 5.92 Å². The minimum atomic E-state index is -0.426. The molecule has 0 spiro atoms. The highest BCUT2D eigenvalue weighted by atomic mass is 32.2. The Bertz CT molecular complexity index is 412. The summed E-state index contributed by atoms with van der Waals surface area (Å²) >= 11 is 1.60. The molecule has 100 valence electrons. The third-order valence-electron chi connectivity index (χ3n) is 2.63. The summed E-state index contributed by atoms with van der Waals surface area (Å²) in [6.45, 7) is 4.10.